The van der Waals surface area contributed by atoms with Gasteiger partial charge in [0.15, 0.2) is 6.29 Å². The van der Waals surface area contributed by atoms with Crippen LogP contribution >= 0.6 is 0 Å². The third-order valence-electron chi connectivity index (χ3n) is 4.26. The van der Waals surface area contributed by atoms with Crippen LogP contribution in [0.5, 0.6) is 0 Å². The molecule has 0 radical (unpaired) electrons. The van der Waals surface area contributed by atoms with Crippen LogP contribution in [0.2, 0.25) is 0 Å². The molecule has 0 amide bonds. The zero-order valence-electron chi connectivity index (χ0n) is 15.4. The van der Waals surface area contributed by atoms with Crippen molar-refractivity contribution in [2.24, 2.45) is 5.11 Å². The smallest absolute Gasteiger partial charge is 0.338 e. The summed E-state index contributed by atoms with van der Waals surface area (Å²) in [5.74, 6) is -0.540. The van der Waals surface area contributed by atoms with Crippen LogP contribution in [0.4, 0.5) is 0 Å². The summed E-state index contributed by atoms with van der Waals surface area (Å²) in [7, 11) is 1.43. The molecule has 1 heterocycles. The highest BCUT2D eigenvalue weighted by molar-refractivity contribution is 5.89. The number of benzene rings is 1. The molecule has 9 heteroatoms. The standard InChI is InChI=1S/C18H25N3O6/c1-3-4-10-25-16-14(20-21-19)15(22)13(27-18(16)24-2)11-26-17(23)12-8-6-5-7-9-12/h5-9,13-16,18,22H,3-4,10-11H2,1-2H3/t13?,14?,15-,16?,18-/m0/s1. The van der Waals surface area contributed by atoms with E-state index in [0.717, 1.165) is 12.8 Å². The summed E-state index contributed by atoms with van der Waals surface area (Å²) >= 11 is 0. The Hall–Kier alpha value is -2.16. The van der Waals surface area contributed by atoms with Crippen LogP contribution < -0.4 is 0 Å². The molecule has 148 valence electrons. The zero-order valence-corrected chi connectivity index (χ0v) is 15.4. The minimum atomic E-state index is -1.21. The molecular formula is C18H25N3O6. The largest absolute Gasteiger partial charge is 0.459 e. The highest BCUT2D eigenvalue weighted by Gasteiger charge is 2.46. The van der Waals surface area contributed by atoms with Crippen molar-refractivity contribution in [1.82, 2.24) is 0 Å². The highest BCUT2D eigenvalue weighted by Crippen LogP contribution is 2.27. The fourth-order valence-electron chi connectivity index (χ4n) is 2.78. The lowest BCUT2D eigenvalue weighted by atomic mass is 9.97. The first-order chi connectivity index (χ1) is 13.1. The quantitative estimate of drug-likeness (QED) is 0.231. The number of methoxy groups -OCH3 is 1. The van der Waals surface area contributed by atoms with Gasteiger partial charge in [0.1, 0.15) is 18.8 Å². The second-order valence-electron chi connectivity index (χ2n) is 6.12. The average molecular weight is 379 g/mol. The number of aliphatic hydroxyl groups excluding tert-OH is 1. The van der Waals surface area contributed by atoms with Crippen molar-refractivity contribution in [3.63, 3.8) is 0 Å². The second-order valence-corrected chi connectivity index (χ2v) is 6.12. The Morgan fingerprint density at radius 3 is 2.74 bits per heavy atom. The molecule has 1 N–H and O–H groups in total. The van der Waals surface area contributed by atoms with Gasteiger partial charge < -0.3 is 24.1 Å². The molecule has 1 aliphatic heterocycles. The van der Waals surface area contributed by atoms with Crippen molar-refractivity contribution < 1.29 is 28.8 Å². The van der Waals surface area contributed by atoms with Crippen LogP contribution in [0, 0.1) is 0 Å². The molecule has 1 fully saturated rings. The number of unbranched alkanes of at least 4 members (excludes halogenated alkanes) is 1. The molecule has 5 atom stereocenters. The van der Waals surface area contributed by atoms with E-state index in [0.29, 0.717) is 12.2 Å². The molecule has 3 unspecified atom stereocenters. The first-order valence-corrected chi connectivity index (χ1v) is 8.86. The maximum Gasteiger partial charge on any atom is 0.338 e. The molecule has 0 aliphatic carbocycles. The molecular weight excluding hydrogens is 354 g/mol. The molecule has 1 aromatic carbocycles. The summed E-state index contributed by atoms with van der Waals surface area (Å²) in [6, 6.07) is 7.55. The number of nitrogens with zero attached hydrogens (tertiary/aromatic N) is 3. The van der Waals surface area contributed by atoms with Gasteiger partial charge in [-0.05, 0) is 24.1 Å². The van der Waals surface area contributed by atoms with Gasteiger partial charge >= 0.3 is 5.97 Å². The topological polar surface area (TPSA) is 123 Å². The molecule has 27 heavy (non-hydrogen) atoms. The summed E-state index contributed by atoms with van der Waals surface area (Å²) in [5.41, 5.74) is 9.25. The van der Waals surface area contributed by atoms with Gasteiger partial charge in [0.2, 0.25) is 0 Å². The van der Waals surface area contributed by atoms with Crippen molar-refractivity contribution in [3.05, 3.63) is 46.3 Å². The first-order valence-electron chi connectivity index (χ1n) is 8.86. The van der Waals surface area contributed by atoms with E-state index in [4.69, 9.17) is 24.5 Å². The Morgan fingerprint density at radius 1 is 1.37 bits per heavy atom. The van der Waals surface area contributed by atoms with E-state index in [1.807, 2.05) is 6.92 Å². The van der Waals surface area contributed by atoms with Crippen LogP contribution in [0.1, 0.15) is 30.1 Å². The first kappa shape index (κ1) is 21.1. The Balaban J connectivity index is 2.05. The minimum Gasteiger partial charge on any atom is -0.459 e. The Bertz CT molecular complexity index is 637. The Morgan fingerprint density at radius 2 is 2.11 bits per heavy atom. The summed E-state index contributed by atoms with van der Waals surface area (Å²) < 4.78 is 22.0. The van der Waals surface area contributed by atoms with E-state index >= 15 is 0 Å². The fraction of sp³-hybridized carbons (Fsp3) is 0.611. The maximum absolute atomic E-state index is 12.1. The molecule has 1 aromatic rings. The van der Waals surface area contributed by atoms with Crippen molar-refractivity contribution in [2.75, 3.05) is 20.3 Å². The van der Waals surface area contributed by atoms with Gasteiger partial charge in [-0.25, -0.2) is 4.79 Å². The van der Waals surface area contributed by atoms with Crippen LogP contribution in [0.3, 0.4) is 0 Å². The number of azide groups is 1. The van der Waals surface area contributed by atoms with Crippen molar-refractivity contribution >= 4 is 5.97 Å². The molecule has 9 nitrogen and oxygen atoms in total. The van der Waals surface area contributed by atoms with Gasteiger partial charge in [0.05, 0.1) is 17.7 Å². The van der Waals surface area contributed by atoms with Gasteiger partial charge in [-0.2, -0.15) is 0 Å². The van der Waals surface area contributed by atoms with Crippen molar-refractivity contribution in [3.8, 4) is 0 Å². The van der Waals surface area contributed by atoms with Gasteiger partial charge in [-0.3, -0.25) is 0 Å². The summed E-state index contributed by atoms with van der Waals surface area (Å²) in [6.45, 7) is 2.22. The molecule has 2 rings (SSSR count). The number of carbonyl (C=O) groups excluding carboxylic acids is 1. The van der Waals surface area contributed by atoms with E-state index in [1.54, 1.807) is 30.3 Å². The second kappa shape index (κ2) is 10.9. The average Bonchev–Trinajstić information content (AvgIpc) is 2.70. The van der Waals surface area contributed by atoms with E-state index in [2.05, 4.69) is 10.0 Å². The highest BCUT2D eigenvalue weighted by atomic mass is 16.7. The van der Waals surface area contributed by atoms with Crippen LogP contribution in [-0.2, 0) is 18.9 Å². The lowest BCUT2D eigenvalue weighted by Gasteiger charge is -2.42. The molecule has 0 aromatic heterocycles. The van der Waals surface area contributed by atoms with Crippen LogP contribution in [0.25, 0.3) is 10.4 Å². The number of aliphatic hydroxyl groups is 1. The predicted molar refractivity (Wildman–Crippen MR) is 96.0 cm³/mol. The molecule has 0 saturated carbocycles. The number of rotatable bonds is 9. The lowest BCUT2D eigenvalue weighted by molar-refractivity contribution is -0.277. The summed E-state index contributed by atoms with van der Waals surface area (Å²) in [5, 5.41) is 14.2. The predicted octanol–water partition coefficient (Wildman–Crippen LogP) is 2.44. The molecule has 0 bridgehead atoms. The van der Waals surface area contributed by atoms with Gasteiger partial charge in [-0.15, -0.1) is 0 Å². The van der Waals surface area contributed by atoms with E-state index in [1.165, 1.54) is 7.11 Å². The van der Waals surface area contributed by atoms with Crippen molar-refractivity contribution in [2.45, 2.75) is 50.4 Å². The Kier molecular flexibility index (Phi) is 8.50. The van der Waals surface area contributed by atoms with Gasteiger partial charge in [-0.1, -0.05) is 36.7 Å². The number of esters is 1. The zero-order chi connectivity index (χ0) is 19.6. The van der Waals surface area contributed by atoms with Gasteiger partial charge in [0, 0.05) is 18.6 Å². The number of carbonyl (C=O) groups is 1. The maximum atomic E-state index is 12.1. The normalized spacial score (nSPS) is 27.6. The molecule has 1 saturated heterocycles. The third-order valence-corrected chi connectivity index (χ3v) is 4.26. The SMILES string of the molecule is CCCCOC1C(N=[N+]=[N-])[C@@H](O)C(COC(=O)c2ccccc2)O[C@@H]1OC. The number of hydrogen-bond donors (Lipinski definition) is 1. The molecule has 1 aliphatic rings. The van der Waals surface area contributed by atoms with Crippen LogP contribution in [-0.4, -0.2) is 62.0 Å². The van der Waals surface area contributed by atoms with E-state index in [9.17, 15) is 9.90 Å². The fourth-order valence-corrected chi connectivity index (χ4v) is 2.78. The summed E-state index contributed by atoms with van der Waals surface area (Å²) in [6.07, 6.45) is -2.00. The molecule has 0 spiro atoms. The number of ether oxygens (including phenoxy) is 4. The minimum absolute atomic E-state index is 0.214. The monoisotopic (exact) mass is 379 g/mol. The lowest BCUT2D eigenvalue weighted by Crippen LogP contribution is -2.59. The third kappa shape index (κ3) is 5.66. The van der Waals surface area contributed by atoms with E-state index < -0.39 is 36.6 Å². The van der Waals surface area contributed by atoms with E-state index in [-0.39, 0.29) is 6.61 Å². The van der Waals surface area contributed by atoms with Crippen molar-refractivity contribution in [1.29, 1.82) is 0 Å². The van der Waals surface area contributed by atoms with Crippen LogP contribution in [0.15, 0.2) is 35.4 Å². The number of hydrogen-bond acceptors (Lipinski definition) is 7. The Labute approximate surface area is 157 Å². The van der Waals surface area contributed by atoms with Gasteiger partial charge in [0.25, 0.3) is 0 Å². The summed E-state index contributed by atoms with van der Waals surface area (Å²) in [4.78, 5) is 14.9.